The fourth-order valence-corrected chi connectivity index (χ4v) is 0. The predicted molar refractivity (Wildman–Crippen MR) is 73.1 cm³/mol. The Morgan fingerprint density at radius 1 is 0.600 bits per heavy atom. The van der Waals surface area contributed by atoms with E-state index >= 15 is 0 Å². The molecule has 11 heteroatoms. The predicted octanol–water partition coefficient (Wildman–Crippen LogP) is -0.488. The molecule has 0 heterocycles. The Labute approximate surface area is 117 Å². The zero-order valence-electron chi connectivity index (χ0n) is 9.10. The van der Waals surface area contributed by atoms with Gasteiger partial charge in [0.05, 0.1) is 0 Å². The minimum atomic E-state index is -3.81. The molecule has 2 radical (unpaired) electrons. The van der Waals surface area contributed by atoms with E-state index in [0.717, 1.165) is 0 Å². The van der Waals surface area contributed by atoms with Gasteiger partial charge in [0, 0.05) is 0 Å². The van der Waals surface area contributed by atoms with Gasteiger partial charge in [0.15, 0.2) is 0 Å². The van der Waals surface area contributed by atoms with Crippen molar-refractivity contribution in [1.29, 1.82) is 0 Å². The molecule has 98 valence electrons. The molecule has 0 aliphatic heterocycles. The van der Waals surface area contributed by atoms with Crippen LogP contribution in [0.25, 0.3) is 0 Å². The second-order valence-corrected chi connectivity index (χ2v) is 6.02. The number of hydrogen-bond acceptors (Lipinski definition) is 2. The van der Waals surface area contributed by atoms with Crippen molar-refractivity contribution >= 4 is 61.0 Å². The van der Waals surface area contributed by atoms with E-state index < -0.39 is 13.4 Å². The van der Waals surface area contributed by atoms with Gasteiger partial charge in [0.1, 0.15) is 0 Å². The maximum absolute atomic E-state index is 7.56. The van der Waals surface area contributed by atoms with E-state index in [0.29, 0.717) is 0 Å². The van der Waals surface area contributed by atoms with Crippen molar-refractivity contribution in [2.75, 3.05) is 0 Å². The molecule has 0 aliphatic rings. The zero-order valence-corrected chi connectivity index (χ0v) is 16.6. The van der Waals surface area contributed by atoms with E-state index in [1.807, 2.05) is 27.7 Å². The molecule has 0 aromatic heterocycles. The summed E-state index contributed by atoms with van der Waals surface area (Å²) in [6, 6.07) is 0. The average Bonchev–Trinajstić information content (AvgIpc) is 1.88. The molecule has 0 unspecified atom stereocenters. The SMILES string of the molecule is CC.CC.OP(O)(O)=S.OP(O)(O)=S.[SnH2]. The van der Waals surface area contributed by atoms with E-state index in [4.69, 9.17) is 29.4 Å². The third-order valence-electron chi connectivity index (χ3n) is 0. The summed E-state index contributed by atoms with van der Waals surface area (Å²) in [6.07, 6.45) is 0. The van der Waals surface area contributed by atoms with Crippen molar-refractivity contribution in [2.24, 2.45) is 0 Å². The van der Waals surface area contributed by atoms with Crippen LogP contribution in [-0.2, 0) is 23.6 Å². The van der Waals surface area contributed by atoms with E-state index in [-0.39, 0.29) is 23.9 Å². The topological polar surface area (TPSA) is 121 Å². The molecule has 0 saturated heterocycles. The molecule has 0 rings (SSSR count). The average molecular weight is 409 g/mol. The summed E-state index contributed by atoms with van der Waals surface area (Å²) < 4.78 is 0. The van der Waals surface area contributed by atoms with Crippen LogP contribution in [-0.4, -0.2) is 53.3 Å². The van der Waals surface area contributed by atoms with Gasteiger partial charge in [0.2, 0.25) is 0 Å². The summed E-state index contributed by atoms with van der Waals surface area (Å²) in [6.45, 7) is 0.389. The molecule has 0 bridgehead atoms. The van der Waals surface area contributed by atoms with Crippen LogP contribution in [0.3, 0.4) is 0 Å². The van der Waals surface area contributed by atoms with Crippen molar-refractivity contribution in [2.45, 2.75) is 27.7 Å². The van der Waals surface area contributed by atoms with Crippen molar-refractivity contribution in [1.82, 2.24) is 0 Å². The fourth-order valence-electron chi connectivity index (χ4n) is 0. The molecule has 0 fully saturated rings. The van der Waals surface area contributed by atoms with Crippen LogP contribution in [0.2, 0.25) is 0 Å². The van der Waals surface area contributed by atoms with E-state index in [2.05, 4.69) is 23.6 Å². The molecule has 15 heavy (non-hydrogen) atoms. The molecule has 0 spiro atoms. The van der Waals surface area contributed by atoms with Crippen LogP contribution in [0.15, 0.2) is 0 Å². The Morgan fingerprint density at radius 3 is 0.600 bits per heavy atom. The summed E-state index contributed by atoms with van der Waals surface area (Å²) in [5.74, 6) is 0. The van der Waals surface area contributed by atoms with Gasteiger partial charge in [-0.15, -0.1) is 0 Å². The second kappa shape index (κ2) is 18.2. The summed E-state index contributed by atoms with van der Waals surface area (Å²) >= 11 is 7.21. The van der Waals surface area contributed by atoms with Gasteiger partial charge >= 0.3 is 37.3 Å². The summed E-state index contributed by atoms with van der Waals surface area (Å²) in [7, 11) is 0. The van der Waals surface area contributed by atoms with Gasteiger partial charge in [-0.25, -0.2) is 0 Å². The standard InChI is InChI=1S/2C2H6.2H3O3PS.Sn.2H/c2*1-2;2*1-4(2,3)5;;;/h2*1-2H3;2*(H3,1,2,3,5);;;. The maximum atomic E-state index is 7.56. The molecule has 0 atom stereocenters. The fraction of sp³-hybridized carbons (Fsp3) is 1.00. The van der Waals surface area contributed by atoms with E-state index in [9.17, 15) is 0 Å². The first kappa shape index (κ1) is 30.1. The van der Waals surface area contributed by atoms with Crippen molar-refractivity contribution in [3.63, 3.8) is 0 Å². The molecule has 0 aliphatic carbocycles. The Morgan fingerprint density at radius 2 is 0.600 bits per heavy atom. The summed E-state index contributed by atoms with van der Waals surface area (Å²) in [5, 5.41) is 0. The molecule has 0 aromatic carbocycles. The van der Waals surface area contributed by atoms with Gasteiger partial charge in [-0.2, -0.15) is 0 Å². The molecule has 0 saturated carbocycles. The van der Waals surface area contributed by atoms with E-state index in [1.54, 1.807) is 0 Å². The number of rotatable bonds is 0. The van der Waals surface area contributed by atoms with Gasteiger partial charge < -0.3 is 29.4 Å². The van der Waals surface area contributed by atoms with Crippen LogP contribution in [0.5, 0.6) is 0 Å². The molecule has 6 N–H and O–H groups in total. The molecule has 0 amide bonds. The van der Waals surface area contributed by atoms with Crippen LogP contribution >= 0.6 is 13.4 Å². The van der Waals surface area contributed by atoms with Crippen LogP contribution in [0.4, 0.5) is 0 Å². The van der Waals surface area contributed by atoms with Crippen molar-refractivity contribution in [3.8, 4) is 0 Å². The monoisotopic (exact) mass is 410 g/mol. The zero-order chi connectivity index (χ0) is 13.0. The van der Waals surface area contributed by atoms with Gasteiger partial charge in [-0.3, -0.25) is 0 Å². The summed E-state index contributed by atoms with van der Waals surface area (Å²) in [5.41, 5.74) is 0. The van der Waals surface area contributed by atoms with Crippen LogP contribution in [0.1, 0.15) is 27.7 Å². The Hall–Kier alpha value is 1.86. The Balaban J connectivity index is -0.0000000318. The Bertz CT molecular complexity index is 143. The molecular weight excluding hydrogens is 389 g/mol. The summed E-state index contributed by atoms with van der Waals surface area (Å²) in [4.78, 5) is 45.3. The molecule has 6 nitrogen and oxygen atoms in total. The normalized spacial score (nSPS) is 8.67. The van der Waals surface area contributed by atoms with Gasteiger partial charge in [-0.1, -0.05) is 27.7 Å². The van der Waals surface area contributed by atoms with Gasteiger partial charge in [0.25, 0.3) is 0 Å². The van der Waals surface area contributed by atoms with Crippen molar-refractivity contribution < 1.29 is 29.4 Å². The molecular formula is C4H20O6P2S2Sn. The van der Waals surface area contributed by atoms with Gasteiger partial charge in [-0.05, 0) is 23.6 Å². The van der Waals surface area contributed by atoms with Crippen LogP contribution in [0, 0.1) is 0 Å². The first-order chi connectivity index (χ1) is 6.00. The number of hydrogen-bond donors (Lipinski definition) is 6. The minimum absolute atomic E-state index is 0. The Kier molecular flexibility index (Phi) is 36.6. The van der Waals surface area contributed by atoms with Crippen molar-refractivity contribution in [3.05, 3.63) is 0 Å². The third-order valence-corrected chi connectivity index (χ3v) is 0. The van der Waals surface area contributed by atoms with Crippen LogP contribution < -0.4 is 0 Å². The second-order valence-electron chi connectivity index (χ2n) is 1.03. The first-order valence-electron chi connectivity index (χ1n) is 3.57. The molecule has 0 aromatic rings. The quantitative estimate of drug-likeness (QED) is 0.234. The first-order valence-corrected chi connectivity index (χ1v) is 8.89. The van der Waals surface area contributed by atoms with E-state index in [1.165, 1.54) is 0 Å². The third kappa shape index (κ3) is 882.